The van der Waals surface area contributed by atoms with E-state index in [4.69, 9.17) is 4.74 Å². The Balaban J connectivity index is 2.05. The van der Waals surface area contributed by atoms with Crippen molar-refractivity contribution in [3.8, 4) is 0 Å². The lowest BCUT2D eigenvalue weighted by Crippen LogP contribution is -2.13. The van der Waals surface area contributed by atoms with Crippen molar-refractivity contribution < 1.29 is 27.1 Å². The number of carbonyl (C=O) groups is 1. The fraction of sp³-hybridized carbons (Fsp3) is 0.316. The molecule has 0 saturated heterocycles. The molecule has 0 aromatic heterocycles. The summed E-state index contributed by atoms with van der Waals surface area (Å²) in [5.41, 5.74) is -1.31. The van der Waals surface area contributed by atoms with Gasteiger partial charge >= 0.3 is 5.97 Å². The van der Waals surface area contributed by atoms with Gasteiger partial charge in [0, 0.05) is 6.07 Å². The lowest BCUT2D eigenvalue weighted by Gasteiger charge is -2.09. The van der Waals surface area contributed by atoms with Gasteiger partial charge in [0.05, 0.1) is 11.5 Å². The van der Waals surface area contributed by atoms with Gasteiger partial charge in [-0.15, -0.1) is 0 Å². The molecule has 2 rings (SSSR count). The quantitative estimate of drug-likeness (QED) is 0.316. The minimum absolute atomic E-state index is 0.103. The zero-order chi connectivity index (χ0) is 18.8. The molecule has 0 heterocycles. The summed E-state index contributed by atoms with van der Waals surface area (Å²) in [5.74, 6) is -7.46. The number of ether oxygens (including phenoxy) is 1. The Kier molecular flexibility index (Phi) is 5.50. The van der Waals surface area contributed by atoms with Crippen LogP contribution in [0.25, 0.3) is 0 Å². The number of esters is 1. The Morgan fingerprint density at radius 2 is 1.76 bits per heavy atom. The monoisotopic (exact) mass is 354 g/mol. The number of allylic oxidation sites excluding steroid dienone is 5. The summed E-state index contributed by atoms with van der Waals surface area (Å²) in [4.78, 5) is 12.2. The SMILES string of the molecule is C=CC=C/C=C/[C@@H]1[C@@H](C(=O)OCc2c(F)c(F)cc(F)c2F)C1(C)C. The summed E-state index contributed by atoms with van der Waals surface area (Å²) < 4.78 is 58.4. The molecular weight excluding hydrogens is 336 g/mol. The highest BCUT2D eigenvalue weighted by Crippen LogP contribution is 2.59. The van der Waals surface area contributed by atoms with Crippen molar-refractivity contribution in [3.63, 3.8) is 0 Å². The molecule has 1 aromatic carbocycles. The minimum atomic E-state index is -1.56. The van der Waals surface area contributed by atoms with E-state index in [1.807, 2.05) is 19.9 Å². The third-order valence-electron chi connectivity index (χ3n) is 4.40. The first-order valence-electron chi connectivity index (χ1n) is 7.66. The number of halogens is 4. The van der Waals surface area contributed by atoms with Crippen LogP contribution in [0.4, 0.5) is 17.6 Å². The summed E-state index contributed by atoms with van der Waals surface area (Å²) >= 11 is 0. The number of benzene rings is 1. The van der Waals surface area contributed by atoms with E-state index in [0.717, 1.165) is 0 Å². The minimum Gasteiger partial charge on any atom is -0.460 e. The Labute approximate surface area is 143 Å². The molecule has 1 aliphatic rings. The van der Waals surface area contributed by atoms with Crippen LogP contribution in [-0.4, -0.2) is 5.97 Å². The molecule has 2 atom stereocenters. The maximum absolute atomic E-state index is 13.6. The van der Waals surface area contributed by atoms with Crippen LogP contribution < -0.4 is 0 Å². The van der Waals surface area contributed by atoms with Crippen molar-refractivity contribution in [2.24, 2.45) is 17.3 Å². The van der Waals surface area contributed by atoms with Crippen LogP contribution in [0.3, 0.4) is 0 Å². The van der Waals surface area contributed by atoms with Crippen molar-refractivity contribution in [1.29, 1.82) is 0 Å². The zero-order valence-corrected chi connectivity index (χ0v) is 13.9. The molecule has 1 saturated carbocycles. The second-order valence-corrected chi connectivity index (χ2v) is 6.38. The lowest BCUT2D eigenvalue weighted by atomic mass is 10.1. The van der Waals surface area contributed by atoms with Gasteiger partial charge < -0.3 is 4.74 Å². The van der Waals surface area contributed by atoms with Gasteiger partial charge in [0.15, 0.2) is 23.3 Å². The average molecular weight is 354 g/mol. The average Bonchev–Trinajstić information content (AvgIpc) is 3.10. The standard InChI is InChI=1S/C19H18F4O2/c1-4-5-6-7-8-12-15(19(12,2)3)18(24)25-10-11-16(22)13(20)9-14(21)17(11)23/h4-9,12,15H,1,10H2,2-3H3/b6-5?,8-7+/t12-,15+/m1/s1. The van der Waals surface area contributed by atoms with E-state index in [1.54, 1.807) is 24.3 Å². The summed E-state index contributed by atoms with van der Waals surface area (Å²) in [6, 6.07) is 0.109. The Bertz CT molecular complexity index is 724. The van der Waals surface area contributed by atoms with E-state index in [1.165, 1.54) is 0 Å². The van der Waals surface area contributed by atoms with E-state index in [9.17, 15) is 22.4 Å². The maximum atomic E-state index is 13.6. The van der Waals surface area contributed by atoms with Crippen molar-refractivity contribution in [2.75, 3.05) is 0 Å². The van der Waals surface area contributed by atoms with Gasteiger partial charge in [0.2, 0.25) is 0 Å². The lowest BCUT2D eigenvalue weighted by molar-refractivity contribution is -0.147. The van der Waals surface area contributed by atoms with Gasteiger partial charge in [-0.3, -0.25) is 4.79 Å². The number of hydrogen-bond donors (Lipinski definition) is 0. The van der Waals surface area contributed by atoms with Crippen LogP contribution in [0.15, 0.2) is 43.0 Å². The van der Waals surface area contributed by atoms with E-state index < -0.39 is 47.3 Å². The molecule has 134 valence electrons. The predicted molar refractivity (Wildman–Crippen MR) is 85.3 cm³/mol. The van der Waals surface area contributed by atoms with E-state index >= 15 is 0 Å². The van der Waals surface area contributed by atoms with E-state index in [-0.39, 0.29) is 17.4 Å². The Hall–Kier alpha value is -2.37. The van der Waals surface area contributed by atoms with E-state index in [0.29, 0.717) is 0 Å². The molecule has 1 fully saturated rings. The molecule has 1 aromatic rings. The van der Waals surface area contributed by atoms with Crippen molar-refractivity contribution >= 4 is 5.97 Å². The largest absolute Gasteiger partial charge is 0.460 e. The highest BCUT2D eigenvalue weighted by atomic mass is 19.2. The molecule has 2 nitrogen and oxygen atoms in total. The first kappa shape index (κ1) is 19.0. The summed E-state index contributed by atoms with van der Waals surface area (Å²) in [7, 11) is 0. The molecule has 0 amide bonds. The molecule has 0 bridgehead atoms. The predicted octanol–water partition coefficient (Wildman–Crippen LogP) is 4.86. The molecule has 0 radical (unpaired) electrons. The second kappa shape index (κ2) is 7.25. The van der Waals surface area contributed by atoms with Gasteiger partial charge in [-0.05, 0) is 11.3 Å². The van der Waals surface area contributed by atoms with Crippen LogP contribution in [0.1, 0.15) is 19.4 Å². The fourth-order valence-corrected chi connectivity index (χ4v) is 2.80. The third kappa shape index (κ3) is 3.83. The first-order chi connectivity index (χ1) is 11.7. The summed E-state index contributed by atoms with van der Waals surface area (Å²) in [6.07, 6.45) is 8.68. The summed E-state index contributed by atoms with van der Waals surface area (Å²) in [6.45, 7) is 6.38. The molecule has 1 aliphatic carbocycles. The Morgan fingerprint density at radius 3 is 2.32 bits per heavy atom. The number of carbonyl (C=O) groups excluding carboxylic acids is 1. The molecule has 0 unspecified atom stereocenters. The highest BCUT2D eigenvalue weighted by molar-refractivity contribution is 5.78. The van der Waals surface area contributed by atoms with Crippen LogP contribution in [0.2, 0.25) is 0 Å². The zero-order valence-electron chi connectivity index (χ0n) is 13.9. The molecule has 25 heavy (non-hydrogen) atoms. The van der Waals surface area contributed by atoms with Gasteiger partial charge in [-0.1, -0.05) is 50.8 Å². The van der Waals surface area contributed by atoms with E-state index in [2.05, 4.69) is 6.58 Å². The molecule has 0 N–H and O–H groups in total. The van der Waals surface area contributed by atoms with Gasteiger partial charge in [-0.25, -0.2) is 17.6 Å². The highest BCUT2D eigenvalue weighted by Gasteiger charge is 2.61. The van der Waals surface area contributed by atoms with Crippen molar-refractivity contribution in [3.05, 3.63) is 71.9 Å². The van der Waals surface area contributed by atoms with Crippen LogP contribution in [0.5, 0.6) is 0 Å². The van der Waals surface area contributed by atoms with Crippen LogP contribution in [0, 0.1) is 40.5 Å². The molecule has 6 heteroatoms. The van der Waals surface area contributed by atoms with Crippen LogP contribution in [-0.2, 0) is 16.1 Å². The van der Waals surface area contributed by atoms with Crippen molar-refractivity contribution in [2.45, 2.75) is 20.5 Å². The number of hydrogen-bond acceptors (Lipinski definition) is 2. The fourth-order valence-electron chi connectivity index (χ4n) is 2.80. The van der Waals surface area contributed by atoms with Crippen LogP contribution >= 0.6 is 0 Å². The Morgan fingerprint density at radius 1 is 1.16 bits per heavy atom. The van der Waals surface area contributed by atoms with Crippen molar-refractivity contribution in [1.82, 2.24) is 0 Å². The summed E-state index contributed by atoms with van der Waals surface area (Å²) in [5, 5.41) is 0. The maximum Gasteiger partial charge on any atom is 0.310 e. The second-order valence-electron chi connectivity index (χ2n) is 6.38. The third-order valence-corrected chi connectivity index (χ3v) is 4.40. The van der Waals surface area contributed by atoms with Gasteiger partial charge in [0.1, 0.15) is 6.61 Å². The normalized spacial score (nSPS) is 21.7. The smallest absolute Gasteiger partial charge is 0.310 e. The first-order valence-corrected chi connectivity index (χ1v) is 7.66. The topological polar surface area (TPSA) is 26.3 Å². The van der Waals surface area contributed by atoms with Gasteiger partial charge in [-0.2, -0.15) is 0 Å². The molecule has 0 spiro atoms. The molecular formula is C19H18F4O2. The molecule has 0 aliphatic heterocycles. The number of rotatable bonds is 6. The van der Waals surface area contributed by atoms with Gasteiger partial charge in [0.25, 0.3) is 0 Å².